The van der Waals surface area contributed by atoms with E-state index in [1.54, 1.807) is 0 Å². The Kier molecular flexibility index (Phi) is 14.6. The number of nitrogens with zero attached hydrogens (tertiary/aromatic N) is 1. The summed E-state index contributed by atoms with van der Waals surface area (Å²) in [5.41, 5.74) is 30.0. The molecule has 0 spiro atoms. The minimum Gasteiger partial charge on any atom is -0.360 e. The zero-order valence-corrected chi connectivity index (χ0v) is 58.4. The van der Waals surface area contributed by atoms with Crippen molar-refractivity contribution in [2.75, 3.05) is 0 Å². The third-order valence-electron chi connectivity index (χ3n) is 21.2. The van der Waals surface area contributed by atoms with Gasteiger partial charge in [0.05, 0.1) is 28.3 Å². The van der Waals surface area contributed by atoms with Gasteiger partial charge < -0.3 is 59.4 Å². The minimum atomic E-state index is 1.08. The second-order valence-electron chi connectivity index (χ2n) is 28.0. The van der Waals surface area contributed by atoms with Crippen LogP contribution in [0.15, 0.2) is 346 Å². The second kappa shape index (κ2) is 25.5. The number of para-hydroxylation sites is 8. The van der Waals surface area contributed by atoms with Gasteiger partial charge in [0.1, 0.15) is 5.82 Å². The summed E-state index contributed by atoms with van der Waals surface area (Å²) in [4.78, 5) is 38.7. The number of hydrogen-bond donors (Lipinski definition) is 11. The van der Waals surface area contributed by atoms with Crippen molar-refractivity contribution in [2.45, 2.75) is 0 Å². The highest BCUT2D eigenvalue weighted by molar-refractivity contribution is 6.02. The molecular weight excluding hydrogens is 1320 g/mol. The van der Waals surface area contributed by atoms with E-state index in [2.05, 4.69) is 405 Å². The first-order chi connectivity index (χ1) is 53.4. The molecule has 0 saturated carbocycles. The van der Waals surface area contributed by atoms with Crippen LogP contribution in [0.4, 0.5) is 0 Å². The molecule has 12 heterocycles. The maximum Gasteiger partial charge on any atom is 0.115 e. The maximum absolute atomic E-state index is 3.57. The van der Waals surface area contributed by atoms with E-state index in [-0.39, 0.29) is 0 Å². The van der Waals surface area contributed by atoms with Gasteiger partial charge in [0.25, 0.3) is 0 Å². The summed E-state index contributed by atoms with van der Waals surface area (Å²) in [5, 5.41) is 14.7. The van der Waals surface area contributed by atoms with Gasteiger partial charge in [-0.3, -0.25) is 0 Å². The van der Waals surface area contributed by atoms with E-state index in [1.807, 2.05) is 0 Å². The molecule has 24 aromatic rings. The average molecular weight is 1390 g/mol. The van der Waals surface area contributed by atoms with Crippen molar-refractivity contribution < 1.29 is 0 Å². The van der Waals surface area contributed by atoms with Crippen molar-refractivity contribution in [3.63, 3.8) is 0 Å². The summed E-state index contributed by atoms with van der Waals surface area (Å²) in [5.74, 6) is 1.08. The quantitative estimate of drug-likeness (QED) is 0.0695. The molecule has 12 nitrogen and oxygen atoms in total. The summed E-state index contributed by atoms with van der Waals surface area (Å²) in [6, 6.07) is 118. The Hall–Kier alpha value is -14.9. The highest BCUT2D eigenvalue weighted by Gasteiger charge is 2.16. The predicted molar refractivity (Wildman–Crippen MR) is 451 cm³/mol. The molecule has 0 aliphatic rings. The highest BCUT2D eigenvalue weighted by Crippen LogP contribution is 2.38. The fraction of sp³-hybridized carbons (Fsp3) is 0. The molecule has 108 heavy (non-hydrogen) atoms. The van der Waals surface area contributed by atoms with E-state index in [0.717, 1.165) is 107 Å². The first kappa shape index (κ1) is 61.8. The van der Waals surface area contributed by atoms with Gasteiger partial charge in [-0.25, -0.2) is 0 Å². The summed E-state index contributed by atoms with van der Waals surface area (Å²) < 4.78 is 2.22. The van der Waals surface area contributed by atoms with Crippen LogP contribution in [-0.4, -0.2) is 59.4 Å². The third kappa shape index (κ3) is 11.4. The normalized spacial score (nSPS) is 11.7. The van der Waals surface area contributed by atoms with Gasteiger partial charge in [0.2, 0.25) is 0 Å². The number of benzene rings is 12. The lowest BCUT2D eigenvalue weighted by Crippen LogP contribution is -1.91. The van der Waals surface area contributed by atoms with Crippen LogP contribution in [0, 0.1) is 0 Å². The Morgan fingerprint density at radius 2 is 0.491 bits per heavy atom. The Bertz CT molecular complexity index is 6620. The van der Waals surface area contributed by atoms with Crippen LogP contribution in [-0.2, 0) is 0 Å². The predicted octanol–water partition coefficient (Wildman–Crippen LogP) is 25.7. The first-order valence-electron chi connectivity index (χ1n) is 36.5. The molecule has 512 valence electrons. The molecule has 12 heteroatoms. The monoisotopic (exact) mass is 1390 g/mol. The van der Waals surface area contributed by atoms with Crippen molar-refractivity contribution in [1.82, 2.24) is 59.4 Å². The largest absolute Gasteiger partial charge is 0.360 e. The lowest BCUT2D eigenvalue weighted by atomic mass is 10.1. The van der Waals surface area contributed by atoms with Crippen molar-refractivity contribution >= 4 is 131 Å². The minimum absolute atomic E-state index is 1.08. The molecular formula is C96H68N12. The number of aromatic amines is 11. The summed E-state index contributed by atoms with van der Waals surface area (Å²) in [6.45, 7) is 0. The molecule has 11 N–H and O–H groups in total. The van der Waals surface area contributed by atoms with Crippen LogP contribution in [0.1, 0.15) is 0 Å². The topological polar surface area (TPSA) is 179 Å². The number of nitrogens with one attached hydrogen (secondary N) is 11. The Morgan fingerprint density at radius 3 is 0.935 bits per heavy atom. The molecule has 0 aliphatic heterocycles. The number of H-pyrrole nitrogens is 11. The van der Waals surface area contributed by atoms with E-state index in [4.69, 9.17) is 0 Å². The molecule has 0 unspecified atom stereocenters. The number of fused-ring (bicyclic) bond motifs is 12. The fourth-order valence-electron chi connectivity index (χ4n) is 15.7. The third-order valence-corrected chi connectivity index (χ3v) is 21.2. The smallest absolute Gasteiger partial charge is 0.115 e. The maximum atomic E-state index is 3.57. The van der Waals surface area contributed by atoms with Gasteiger partial charge in [-0.2, -0.15) is 0 Å². The van der Waals surface area contributed by atoms with Crippen molar-refractivity contribution in [3.05, 3.63) is 346 Å². The first-order valence-corrected chi connectivity index (χ1v) is 36.5. The zero-order valence-electron chi connectivity index (χ0n) is 58.4. The molecule has 0 bridgehead atoms. The molecule has 0 saturated heterocycles. The van der Waals surface area contributed by atoms with Gasteiger partial charge >= 0.3 is 0 Å². The molecule has 0 aliphatic carbocycles. The van der Waals surface area contributed by atoms with E-state index in [0.29, 0.717) is 0 Å². The van der Waals surface area contributed by atoms with Crippen molar-refractivity contribution in [1.29, 1.82) is 0 Å². The summed E-state index contributed by atoms with van der Waals surface area (Å²) >= 11 is 0. The SMILES string of the molecule is c1ccc2[nH]c(-c3ccc4[nH]c(-c5cc6ccccc6[nH]5)cc4c3)cc2c1.c1ccc2[nH]c(-c3ccc4[nH]cc(-c5cc6ccccc6[nH]5)c4c3)cc2c1.c1ccc2[nH]c(-c3ccc4cc(-c5cc6ccccc6[nH]5)[nH]c4c3)cc2c1.c1ccc2[nH]c(-c3ccc4ccn(-c5cc6ccccc6[nH]5)c4c3)cc2c1. The van der Waals surface area contributed by atoms with Gasteiger partial charge in [-0.05, 0) is 163 Å². The Labute approximate surface area is 617 Å². The van der Waals surface area contributed by atoms with Gasteiger partial charge in [0, 0.05) is 183 Å². The highest BCUT2D eigenvalue weighted by atomic mass is 15.1. The van der Waals surface area contributed by atoms with Gasteiger partial charge in [-0.15, -0.1) is 0 Å². The molecule has 12 aromatic heterocycles. The number of rotatable bonds is 8. The molecule has 0 amide bonds. The second-order valence-corrected chi connectivity index (χ2v) is 28.0. The fourth-order valence-corrected chi connectivity index (χ4v) is 15.7. The van der Waals surface area contributed by atoms with E-state index in [9.17, 15) is 0 Å². The molecule has 0 atom stereocenters. The van der Waals surface area contributed by atoms with Gasteiger partial charge in [0.15, 0.2) is 0 Å². The number of hydrogen-bond acceptors (Lipinski definition) is 0. The lowest BCUT2D eigenvalue weighted by molar-refractivity contribution is 1.08. The van der Waals surface area contributed by atoms with E-state index in [1.165, 1.54) is 109 Å². The van der Waals surface area contributed by atoms with Crippen molar-refractivity contribution in [3.8, 4) is 84.9 Å². The molecule has 0 fully saturated rings. The Morgan fingerprint density at radius 1 is 0.185 bits per heavy atom. The van der Waals surface area contributed by atoms with E-state index >= 15 is 0 Å². The van der Waals surface area contributed by atoms with E-state index < -0.39 is 0 Å². The van der Waals surface area contributed by atoms with Crippen LogP contribution in [0.25, 0.3) is 216 Å². The standard InChI is InChI=1S/4C24H17N3/c1-3-7-20-15(5-1)12-23(26-20)17-9-10-22-18(11-17)19(14-25-22)24-13-16-6-2-4-8-21(16)27-24;1-3-7-19-15(5-1)12-22(25-19)17-9-10-21-18(11-17)14-24(27-21)23-13-16-6-2-4-8-20(16)26-23;1-3-7-19-15(5-1)11-21(25-19)17-9-10-18-14-24(27-22(18)12-17)23-13-16-6-2-4-8-20(16)26-23;1-3-7-20-17(5-1)13-22(25-20)19-10-9-16-11-12-27(23(16)14-19)24-15-18-6-2-4-8-21(18)26-24/h3*1-14,25-27H;1-15,25-26H. The van der Waals surface area contributed by atoms with Crippen LogP contribution < -0.4 is 0 Å². The lowest BCUT2D eigenvalue weighted by Gasteiger charge is -2.04. The number of aromatic nitrogens is 12. The average Bonchev–Trinajstić information content (AvgIpc) is 1.62. The molecule has 0 radical (unpaired) electrons. The van der Waals surface area contributed by atoms with Crippen LogP contribution in [0.5, 0.6) is 0 Å². The molecule has 24 rings (SSSR count). The van der Waals surface area contributed by atoms with Crippen LogP contribution >= 0.6 is 0 Å². The van der Waals surface area contributed by atoms with Crippen LogP contribution in [0.2, 0.25) is 0 Å². The molecule has 12 aromatic carbocycles. The zero-order chi connectivity index (χ0) is 71.2. The summed E-state index contributed by atoms with van der Waals surface area (Å²) in [7, 11) is 0. The van der Waals surface area contributed by atoms with Crippen LogP contribution in [0.3, 0.4) is 0 Å². The van der Waals surface area contributed by atoms with Gasteiger partial charge in [-0.1, -0.05) is 182 Å². The van der Waals surface area contributed by atoms with Crippen molar-refractivity contribution in [2.24, 2.45) is 0 Å². The Balaban J connectivity index is 0.0000000919. The summed E-state index contributed by atoms with van der Waals surface area (Å²) in [6.07, 6.45) is 4.22.